The van der Waals surface area contributed by atoms with Crippen LogP contribution in [0.4, 0.5) is 4.39 Å². The van der Waals surface area contributed by atoms with E-state index in [1.165, 1.54) is 12.1 Å². The molecule has 0 spiro atoms. The molecule has 2 N–H and O–H groups in total. The molecular formula is C11H15ClFNO. The van der Waals surface area contributed by atoms with Crippen LogP contribution in [-0.4, -0.2) is 19.3 Å². The molecule has 1 rings (SSSR count). The van der Waals surface area contributed by atoms with Crippen LogP contribution >= 0.6 is 11.6 Å². The number of benzene rings is 1. The Morgan fingerprint density at radius 3 is 2.73 bits per heavy atom. The lowest BCUT2D eigenvalue weighted by Gasteiger charge is -2.18. The minimum absolute atomic E-state index is 0.0521. The SMILES string of the molecule is COC(C)C(N)Cc1ccc(Cl)c(F)c1. The van der Waals surface area contributed by atoms with Crippen molar-refractivity contribution in [3.05, 3.63) is 34.6 Å². The molecule has 15 heavy (non-hydrogen) atoms. The summed E-state index contributed by atoms with van der Waals surface area (Å²) in [4.78, 5) is 0. The fourth-order valence-electron chi connectivity index (χ4n) is 1.28. The average Bonchev–Trinajstić information content (AvgIpc) is 2.22. The first-order chi connectivity index (χ1) is 7.04. The van der Waals surface area contributed by atoms with Gasteiger partial charge in [-0.1, -0.05) is 17.7 Å². The first-order valence-corrected chi connectivity index (χ1v) is 5.14. The Kier molecular flexibility index (Phi) is 4.51. The van der Waals surface area contributed by atoms with Crippen molar-refractivity contribution in [2.75, 3.05) is 7.11 Å². The van der Waals surface area contributed by atoms with Crippen LogP contribution in [0.2, 0.25) is 5.02 Å². The van der Waals surface area contributed by atoms with Crippen LogP contribution in [0.1, 0.15) is 12.5 Å². The largest absolute Gasteiger partial charge is 0.380 e. The Morgan fingerprint density at radius 2 is 2.20 bits per heavy atom. The minimum Gasteiger partial charge on any atom is -0.380 e. The van der Waals surface area contributed by atoms with Gasteiger partial charge in [0.2, 0.25) is 0 Å². The molecule has 0 aliphatic heterocycles. The first-order valence-electron chi connectivity index (χ1n) is 4.77. The van der Waals surface area contributed by atoms with Gasteiger partial charge in [-0.05, 0) is 31.0 Å². The molecule has 2 unspecified atom stereocenters. The smallest absolute Gasteiger partial charge is 0.142 e. The molecule has 0 fully saturated rings. The maximum Gasteiger partial charge on any atom is 0.142 e. The third kappa shape index (κ3) is 3.45. The maximum atomic E-state index is 13.1. The van der Waals surface area contributed by atoms with E-state index in [-0.39, 0.29) is 17.2 Å². The molecule has 0 heterocycles. The Balaban J connectivity index is 2.68. The zero-order valence-electron chi connectivity index (χ0n) is 8.84. The predicted molar refractivity (Wildman–Crippen MR) is 59.6 cm³/mol. The molecule has 0 aromatic heterocycles. The number of methoxy groups -OCH3 is 1. The summed E-state index contributed by atoms with van der Waals surface area (Å²) in [6.45, 7) is 1.89. The molecule has 0 amide bonds. The lowest BCUT2D eigenvalue weighted by atomic mass is 10.0. The van der Waals surface area contributed by atoms with Crippen molar-refractivity contribution < 1.29 is 9.13 Å². The zero-order valence-corrected chi connectivity index (χ0v) is 9.59. The topological polar surface area (TPSA) is 35.2 Å². The van der Waals surface area contributed by atoms with Crippen molar-refractivity contribution in [2.24, 2.45) is 5.73 Å². The Hall–Kier alpha value is -0.640. The van der Waals surface area contributed by atoms with Gasteiger partial charge in [-0.15, -0.1) is 0 Å². The summed E-state index contributed by atoms with van der Waals surface area (Å²) in [7, 11) is 1.60. The third-order valence-electron chi connectivity index (χ3n) is 2.43. The molecule has 0 radical (unpaired) electrons. The molecule has 84 valence electrons. The number of ether oxygens (including phenoxy) is 1. The van der Waals surface area contributed by atoms with E-state index >= 15 is 0 Å². The highest BCUT2D eigenvalue weighted by atomic mass is 35.5. The molecule has 0 bridgehead atoms. The fourth-order valence-corrected chi connectivity index (χ4v) is 1.40. The Bertz CT molecular complexity index is 332. The molecule has 1 aromatic rings. The van der Waals surface area contributed by atoms with Crippen LogP contribution < -0.4 is 5.73 Å². The second kappa shape index (κ2) is 5.45. The summed E-state index contributed by atoms with van der Waals surface area (Å²) < 4.78 is 18.2. The van der Waals surface area contributed by atoms with Gasteiger partial charge in [0.1, 0.15) is 5.82 Å². The number of halogens is 2. The van der Waals surface area contributed by atoms with Crippen molar-refractivity contribution in [3.63, 3.8) is 0 Å². The summed E-state index contributed by atoms with van der Waals surface area (Å²) in [6.07, 6.45) is 0.520. The third-order valence-corrected chi connectivity index (χ3v) is 2.74. The second-order valence-electron chi connectivity index (χ2n) is 3.56. The quantitative estimate of drug-likeness (QED) is 0.864. The number of nitrogens with two attached hydrogens (primary N) is 1. The van der Waals surface area contributed by atoms with Gasteiger partial charge in [-0.3, -0.25) is 0 Å². The van der Waals surface area contributed by atoms with Crippen LogP contribution in [0.15, 0.2) is 18.2 Å². The van der Waals surface area contributed by atoms with E-state index in [4.69, 9.17) is 22.1 Å². The second-order valence-corrected chi connectivity index (χ2v) is 3.96. The molecule has 2 nitrogen and oxygen atoms in total. The molecule has 2 atom stereocenters. The van der Waals surface area contributed by atoms with Crippen LogP contribution in [0, 0.1) is 5.82 Å². The van der Waals surface area contributed by atoms with Crippen molar-refractivity contribution in [1.29, 1.82) is 0 Å². The molecule has 1 aromatic carbocycles. The lowest BCUT2D eigenvalue weighted by molar-refractivity contribution is 0.0955. The van der Waals surface area contributed by atoms with Crippen molar-refractivity contribution in [1.82, 2.24) is 0 Å². The number of hydrogen-bond donors (Lipinski definition) is 1. The van der Waals surface area contributed by atoms with Gasteiger partial charge in [0.05, 0.1) is 11.1 Å². The molecule has 0 aliphatic carbocycles. The van der Waals surface area contributed by atoms with Crippen molar-refractivity contribution in [3.8, 4) is 0 Å². The van der Waals surface area contributed by atoms with Crippen molar-refractivity contribution >= 4 is 11.6 Å². The van der Waals surface area contributed by atoms with E-state index < -0.39 is 5.82 Å². The van der Waals surface area contributed by atoms with Crippen LogP contribution in [-0.2, 0) is 11.2 Å². The van der Waals surface area contributed by atoms with Gasteiger partial charge in [-0.2, -0.15) is 0 Å². The molecule has 0 saturated heterocycles. The zero-order chi connectivity index (χ0) is 11.4. The van der Waals surface area contributed by atoms with E-state index in [2.05, 4.69) is 0 Å². The highest BCUT2D eigenvalue weighted by Gasteiger charge is 2.13. The molecule has 0 aliphatic rings. The Morgan fingerprint density at radius 1 is 1.53 bits per heavy atom. The fraction of sp³-hybridized carbons (Fsp3) is 0.455. The number of rotatable bonds is 4. The van der Waals surface area contributed by atoms with Gasteiger partial charge in [0.15, 0.2) is 0 Å². The summed E-state index contributed by atoms with van der Waals surface area (Å²) >= 11 is 5.58. The Labute approximate surface area is 94.2 Å². The van der Waals surface area contributed by atoms with Gasteiger partial charge >= 0.3 is 0 Å². The lowest BCUT2D eigenvalue weighted by Crippen LogP contribution is -2.35. The van der Waals surface area contributed by atoms with Crippen LogP contribution in [0.5, 0.6) is 0 Å². The monoisotopic (exact) mass is 231 g/mol. The van der Waals surface area contributed by atoms with Crippen LogP contribution in [0.25, 0.3) is 0 Å². The van der Waals surface area contributed by atoms with Gasteiger partial charge in [-0.25, -0.2) is 4.39 Å². The van der Waals surface area contributed by atoms with Gasteiger partial charge in [0.25, 0.3) is 0 Å². The number of hydrogen-bond acceptors (Lipinski definition) is 2. The van der Waals surface area contributed by atoms with Gasteiger partial charge in [0, 0.05) is 13.2 Å². The van der Waals surface area contributed by atoms with Gasteiger partial charge < -0.3 is 10.5 Å². The highest BCUT2D eigenvalue weighted by Crippen LogP contribution is 2.16. The summed E-state index contributed by atoms with van der Waals surface area (Å²) in [5.74, 6) is -0.411. The predicted octanol–water partition coefficient (Wildman–Crippen LogP) is 2.38. The standard InChI is InChI=1S/C11H15ClFNO/c1-7(15-2)11(14)6-8-3-4-9(12)10(13)5-8/h3-5,7,11H,6,14H2,1-2H3. The van der Waals surface area contributed by atoms with E-state index in [0.29, 0.717) is 6.42 Å². The van der Waals surface area contributed by atoms with E-state index in [1.54, 1.807) is 13.2 Å². The maximum absolute atomic E-state index is 13.1. The molecule has 0 saturated carbocycles. The van der Waals surface area contributed by atoms with Crippen molar-refractivity contribution in [2.45, 2.75) is 25.5 Å². The first kappa shape index (κ1) is 12.4. The molecular weight excluding hydrogens is 217 g/mol. The normalized spacial score (nSPS) is 15.0. The van der Waals surface area contributed by atoms with E-state index in [9.17, 15) is 4.39 Å². The summed E-state index contributed by atoms with van der Waals surface area (Å²) in [5.41, 5.74) is 6.69. The van der Waals surface area contributed by atoms with E-state index in [0.717, 1.165) is 5.56 Å². The van der Waals surface area contributed by atoms with E-state index in [1.807, 2.05) is 6.92 Å². The summed E-state index contributed by atoms with van der Waals surface area (Å²) in [5, 5.41) is 0.132. The van der Waals surface area contributed by atoms with Crippen LogP contribution in [0.3, 0.4) is 0 Å². The average molecular weight is 232 g/mol. The molecule has 4 heteroatoms. The minimum atomic E-state index is -0.411. The highest BCUT2D eigenvalue weighted by molar-refractivity contribution is 6.30. The summed E-state index contributed by atoms with van der Waals surface area (Å²) in [6, 6.07) is 4.57.